The Kier molecular flexibility index (Phi) is 6.15. The Bertz CT molecular complexity index is 378. The molecule has 100 valence electrons. The molecule has 1 atom stereocenters. The van der Waals surface area contributed by atoms with E-state index in [4.69, 9.17) is 0 Å². The number of nitrogens with zero attached hydrogens (tertiary/aromatic N) is 1. The van der Waals surface area contributed by atoms with E-state index in [9.17, 15) is 4.79 Å². The second-order valence-corrected chi connectivity index (χ2v) is 5.27. The van der Waals surface area contributed by atoms with Gasteiger partial charge in [0.15, 0.2) is 0 Å². The summed E-state index contributed by atoms with van der Waals surface area (Å²) in [6.07, 6.45) is 0. The average molecular weight is 314 g/mol. The summed E-state index contributed by atoms with van der Waals surface area (Å²) in [5.41, 5.74) is 1.23. The number of halogens is 1. The van der Waals surface area contributed by atoms with E-state index in [2.05, 4.69) is 45.6 Å². The minimum absolute atomic E-state index is 0.0619. The Labute approximate surface area is 117 Å². The predicted octanol–water partition coefficient (Wildman–Crippen LogP) is 2.37. The molecule has 2 N–H and O–H groups in total. The first-order valence-electron chi connectivity index (χ1n) is 5.94. The van der Waals surface area contributed by atoms with Gasteiger partial charge >= 0.3 is 6.03 Å². The molecule has 18 heavy (non-hydrogen) atoms. The zero-order valence-electron chi connectivity index (χ0n) is 11.0. The van der Waals surface area contributed by atoms with Crippen LogP contribution in [0.25, 0.3) is 0 Å². The molecule has 0 aliphatic rings. The van der Waals surface area contributed by atoms with Crippen LogP contribution in [-0.4, -0.2) is 38.1 Å². The maximum Gasteiger partial charge on any atom is 0.316 e. The van der Waals surface area contributed by atoms with E-state index in [0.717, 1.165) is 11.0 Å². The normalized spacial score (nSPS) is 12.0. The number of carbonyl (C=O) groups is 1. The van der Waals surface area contributed by atoms with Crippen LogP contribution >= 0.6 is 15.9 Å². The number of hydrogen-bond donors (Lipinski definition) is 2. The topological polar surface area (TPSA) is 44.4 Å². The van der Waals surface area contributed by atoms with Crippen LogP contribution in [0.15, 0.2) is 28.7 Å². The van der Waals surface area contributed by atoms with E-state index in [1.54, 1.807) is 14.1 Å². The first-order valence-corrected chi connectivity index (χ1v) is 6.74. The fourth-order valence-electron chi connectivity index (χ4n) is 1.49. The fourth-order valence-corrected chi connectivity index (χ4v) is 1.75. The van der Waals surface area contributed by atoms with E-state index in [-0.39, 0.29) is 12.1 Å². The number of nitrogens with one attached hydrogen (secondary N) is 2. The van der Waals surface area contributed by atoms with Crippen LogP contribution in [0.3, 0.4) is 0 Å². The number of amides is 2. The molecule has 4 nitrogen and oxygen atoms in total. The van der Waals surface area contributed by atoms with Gasteiger partial charge in [0.1, 0.15) is 0 Å². The van der Waals surface area contributed by atoms with Gasteiger partial charge in [-0.05, 0) is 24.6 Å². The number of benzene rings is 1. The first kappa shape index (κ1) is 15.0. The summed E-state index contributed by atoms with van der Waals surface area (Å²) in [7, 11) is 3.46. The lowest BCUT2D eigenvalue weighted by Crippen LogP contribution is -2.38. The van der Waals surface area contributed by atoms with Crippen LogP contribution in [0.4, 0.5) is 4.79 Å². The molecule has 1 aromatic rings. The summed E-state index contributed by atoms with van der Waals surface area (Å²) >= 11 is 3.42. The third-order valence-electron chi connectivity index (χ3n) is 2.63. The Hall–Kier alpha value is -1.07. The quantitative estimate of drug-likeness (QED) is 0.820. The molecule has 0 bridgehead atoms. The number of carbonyl (C=O) groups excluding carboxylic acids is 1. The van der Waals surface area contributed by atoms with E-state index in [1.807, 2.05) is 12.1 Å². The van der Waals surface area contributed by atoms with Gasteiger partial charge in [0.2, 0.25) is 0 Å². The molecule has 2 amide bonds. The number of hydrogen-bond acceptors (Lipinski definition) is 2. The summed E-state index contributed by atoms with van der Waals surface area (Å²) in [4.78, 5) is 12.8. The third kappa shape index (κ3) is 5.06. The van der Waals surface area contributed by atoms with Crippen LogP contribution in [0.2, 0.25) is 0 Å². The zero-order valence-corrected chi connectivity index (χ0v) is 12.6. The molecule has 1 unspecified atom stereocenters. The van der Waals surface area contributed by atoms with Crippen molar-refractivity contribution in [3.63, 3.8) is 0 Å². The van der Waals surface area contributed by atoms with Crippen molar-refractivity contribution in [3.8, 4) is 0 Å². The Balaban J connectivity index is 2.27. The SMILES string of the molecule is CC(NCCNC(=O)N(C)C)c1ccc(Br)cc1. The smallest absolute Gasteiger partial charge is 0.316 e. The van der Waals surface area contributed by atoms with Crippen molar-refractivity contribution in [2.45, 2.75) is 13.0 Å². The van der Waals surface area contributed by atoms with Gasteiger partial charge < -0.3 is 15.5 Å². The fraction of sp³-hybridized carbons (Fsp3) is 0.462. The number of urea groups is 1. The largest absolute Gasteiger partial charge is 0.337 e. The van der Waals surface area contributed by atoms with Crippen LogP contribution in [0, 0.1) is 0 Å². The molecular formula is C13H20BrN3O. The predicted molar refractivity (Wildman–Crippen MR) is 77.6 cm³/mol. The molecule has 0 saturated carbocycles. The molecule has 0 aliphatic carbocycles. The molecule has 0 heterocycles. The van der Waals surface area contributed by atoms with Crippen LogP contribution in [0.1, 0.15) is 18.5 Å². The standard InChI is InChI=1S/C13H20BrN3O/c1-10(11-4-6-12(14)7-5-11)15-8-9-16-13(18)17(2)3/h4-7,10,15H,8-9H2,1-3H3,(H,16,18). The molecule has 0 aromatic heterocycles. The lowest BCUT2D eigenvalue weighted by molar-refractivity contribution is 0.217. The van der Waals surface area contributed by atoms with Crippen molar-refractivity contribution in [1.29, 1.82) is 0 Å². The molecule has 5 heteroatoms. The van der Waals surface area contributed by atoms with E-state index >= 15 is 0 Å². The third-order valence-corrected chi connectivity index (χ3v) is 3.16. The highest BCUT2D eigenvalue weighted by Gasteiger charge is 2.05. The summed E-state index contributed by atoms with van der Waals surface area (Å²) in [5.74, 6) is 0. The van der Waals surface area contributed by atoms with E-state index in [0.29, 0.717) is 6.54 Å². The van der Waals surface area contributed by atoms with Gasteiger partial charge in [-0.15, -0.1) is 0 Å². The molecule has 0 radical (unpaired) electrons. The van der Waals surface area contributed by atoms with E-state index in [1.165, 1.54) is 10.5 Å². The average Bonchev–Trinajstić information content (AvgIpc) is 2.34. The molecule has 1 rings (SSSR count). The van der Waals surface area contributed by atoms with Crippen LogP contribution in [0.5, 0.6) is 0 Å². The van der Waals surface area contributed by atoms with Gasteiger partial charge in [0, 0.05) is 37.7 Å². The van der Waals surface area contributed by atoms with Gasteiger partial charge in [0.25, 0.3) is 0 Å². The van der Waals surface area contributed by atoms with Crippen molar-refractivity contribution < 1.29 is 4.79 Å². The summed E-state index contributed by atoms with van der Waals surface area (Å²) in [6, 6.07) is 8.44. The first-order chi connectivity index (χ1) is 8.50. The van der Waals surface area contributed by atoms with Crippen LogP contribution in [-0.2, 0) is 0 Å². The highest BCUT2D eigenvalue weighted by atomic mass is 79.9. The molecule has 0 aliphatic heterocycles. The van der Waals surface area contributed by atoms with Crippen LogP contribution < -0.4 is 10.6 Å². The van der Waals surface area contributed by atoms with Crippen molar-refractivity contribution in [3.05, 3.63) is 34.3 Å². The van der Waals surface area contributed by atoms with Gasteiger partial charge in [-0.1, -0.05) is 28.1 Å². The number of rotatable bonds is 5. The summed E-state index contributed by atoms with van der Waals surface area (Å²) in [5, 5.41) is 6.18. The van der Waals surface area contributed by atoms with Gasteiger partial charge in [-0.2, -0.15) is 0 Å². The van der Waals surface area contributed by atoms with Gasteiger partial charge in [-0.25, -0.2) is 4.79 Å². The molecule has 0 saturated heterocycles. The Morgan fingerprint density at radius 3 is 2.44 bits per heavy atom. The van der Waals surface area contributed by atoms with Crippen molar-refractivity contribution in [2.75, 3.05) is 27.2 Å². The second-order valence-electron chi connectivity index (χ2n) is 4.35. The highest BCUT2D eigenvalue weighted by molar-refractivity contribution is 9.10. The van der Waals surface area contributed by atoms with Crippen molar-refractivity contribution in [2.24, 2.45) is 0 Å². The molecule has 1 aromatic carbocycles. The molecule has 0 spiro atoms. The summed E-state index contributed by atoms with van der Waals surface area (Å²) in [6.45, 7) is 3.48. The lowest BCUT2D eigenvalue weighted by atomic mass is 10.1. The van der Waals surface area contributed by atoms with Crippen molar-refractivity contribution >= 4 is 22.0 Å². The zero-order chi connectivity index (χ0) is 13.5. The molecular weight excluding hydrogens is 294 g/mol. The monoisotopic (exact) mass is 313 g/mol. The minimum Gasteiger partial charge on any atom is -0.337 e. The maximum atomic E-state index is 11.3. The van der Waals surface area contributed by atoms with Gasteiger partial charge in [-0.3, -0.25) is 0 Å². The minimum atomic E-state index is -0.0619. The van der Waals surface area contributed by atoms with Crippen molar-refractivity contribution in [1.82, 2.24) is 15.5 Å². The van der Waals surface area contributed by atoms with E-state index < -0.39 is 0 Å². The Morgan fingerprint density at radius 2 is 1.89 bits per heavy atom. The summed E-state index contributed by atoms with van der Waals surface area (Å²) < 4.78 is 1.08. The Morgan fingerprint density at radius 1 is 1.28 bits per heavy atom. The lowest BCUT2D eigenvalue weighted by Gasteiger charge is -2.16. The van der Waals surface area contributed by atoms with Gasteiger partial charge in [0.05, 0.1) is 0 Å². The maximum absolute atomic E-state index is 11.3. The second kappa shape index (κ2) is 7.38. The highest BCUT2D eigenvalue weighted by Crippen LogP contribution is 2.15. The molecule has 0 fully saturated rings.